The summed E-state index contributed by atoms with van der Waals surface area (Å²) in [7, 11) is 0. The summed E-state index contributed by atoms with van der Waals surface area (Å²) in [5.41, 5.74) is 4.43. The third kappa shape index (κ3) is 1.07. The van der Waals surface area contributed by atoms with Crippen molar-refractivity contribution in [3.8, 4) is 0 Å². The Bertz CT molecular complexity index is 162. The van der Waals surface area contributed by atoms with Crippen LogP contribution in [0, 0.1) is 5.92 Å². The third-order valence-corrected chi connectivity index (χ3v) is 3.05. The second kappa shape index (κ2) is 2.42. The topological polar surface area (TPSA) is 29.3 Å². The summed E-state index contributed by atoms with van der Waals surface area (Å²) in [5.74, 6) is 0.283. The zero-order valence-electron chi connectivity index (χ0n) is 6.72. The number of halogens is 1. The van der Waals surface area contributed by atoms with Crippen molar-refractivity contribution in [3.63, 3.8) is 0 Å². The number of hydrogen-bond donors (Lipinski definition) is 1. The van der Waals surface area contributed by atoms with Crippen LogP contribution in [0.1, 0.15) is 12.8 Å². The van der Waals surface area contributed by atoms with Crippen LogP contribution in [0.5, 0.6) is 0 Å². The van der Waals surface area contributed by atoms with E-state index < -0.39 is 5.67 Å². The quantitative estimate of drug-likeness (QED) is 0.629. The van der Waals surface area contributed by atoms with Crippen molar-refractivity contribution in [2.75, 3.05) is 26.2 Å². The van der Waals surface area contributed by atoms with Crippen LogP contribution in [-0.4, -0.2) is 36.7 Å². The standard InChI is InChI=1S/C8H15FN2/c9-8(2-3-10)6-11-4-1-7(8)5-11/h7H,1-6,10H2. The van der Waals surface area contributed by atoms with Crippen molar-refractivity contribution in [2.45, 2.75) is 18.5 Å². The highest BCUT2D eigenvalue weighted by Crippen LogP contribution is 2.40. The van der Waals surface area contributed by atoms with E-state index in [9.17, 15) is 4.39 Å². The number of nitrogens with two attached hydrogens (primary N) is 1. The van der Waals surface area contributed by atoms with Crippen molar-refractivity contribution < 1.29 is 4.39 Å². The van der Waals surface area contributed by atoms with Gasteiger partial charge in [-0.3, -0.25) is 4.90 Å². The second-order valence-electron chi connectivity index (χ2n) is 3.79. The number of alkyl halides is 1. The van der Waals surface area contributed by atoms with E-state index in [1.54, 1.807) is 0 Å². The zero-order valence-corrected chi connectivity index (χ0v) is 6.72. The molecule has 0 aromatic rings. The first-order valence-electron chi connectivity index (χ1n) is 4.36. The molecular weight excluding hydrogens is 143 g/mol. The normalized spacial score (nSPS) is 48.5. The van der Waals surface area contributed by atoms with Gasteiger partial charge in [0.05, 0.1) is 0 Å². The van der Waals surface area contributed by atoms with Crippen LogP contribution >= 0.6 is 0 Å². The molecule has 2 aliphatic heterocycles. The number of nitrogens with zero attached hydrogens (tertiary/aromatic N) is 1. The van der Waals surface area contributed by atoms with Crippen LogP contribution < -0.4 is 5.73 Å². The predicted octanol–water partition coefficient (Wildman–Crippen LogP) is 0.379. The molecule has 2 rings (SSSR count). The van der Waals surface area contributed by atoms with Gasteiger partial charge in [-0.15, -0.1) is 0 Å². The van der Waals surface area contributed by atoms with Gasteiger partial charge in [-0.05, 0) is 25.9 Å². The fraction of sp³-hybridized carbons (Fsp3) is 1.00. The zero-order chi connectivity index (χ0) is 7.90. The van der Waals surface area contributed by atoms with Gasteiger partial charge < -0.3 is 5.73 Å². The van der Waals surface area contributed by atoms with E-state index in [0.717, 1.165) is 19.5 Å². The first-order valence-corrected chi connectivity index (χ1v) is 4.36. The molecular formula is C8H15FN2. The maximum atomic E-state index is 13.9. The fourth-order valence-electron chi connectivity index (χ4n) is 2.42. The van der Waals surface area contributed by atoms with Crippen molar-refractivity contribution in [1.29, 1.82) is 0 Å². The molecule has 3 unspecified atom stereocenters. The molecule has 2 saturated heterocycles. The molecule has 0 saturated carbocycles. The van der Waals surface area contributed by atoms with Crippen LogP contribution in [0.3, 0.4) is 0 Å². The summed E-state index contributed by atoms with van der Waals surface area (Å²) >= 11 is 0. The van der Waals surface area contributed by atoms with Crippen LogP contribution in [0.2, 0.25) is 0 Å². The molecule has 0 amide bonds. The summed E-state index contributed by atoms with van der Waals surface area (Å²) < 4.78 is 13.9. The Morgan fingerprint density at radius 1 is 1.64 bits per heavy atom. The molecule has 3 atom stereocenters. The van der Waals surface area contributed by atoms with E-state index >= 15 is 0 Å². The van der Waals surface area contributed by atoms with Crippen molar-refractivity contribution in [3.05, 3.63) is 0 Å². The molecule has 0 aromatic carbocycles. The summed E-state index contributed by atoms with van der Waals surface area (Å²) in [6.07, 6.45) is 1.59. The SMILES string of the molecule is NCCC1(F)CN2CCC1C2. The number of piperidine rings is 1. The van der Waals surface area contributed by atoms with Crippen molar-refractivity contribution in [2.24, 2.45) is 11.7 Å². The van der Waals surface area contributed by atoms with Gasteiger partial charge in [-0.2, -0.15) is 0 Å². The minimum Gasteiger partial charge on any atom is -0.330 e. The third-order valence-electron chi connectivity index (χ3n) is 3.05. The lowest BCUT2D eigenvalue weighted by Crippen LogP contribution is -2.39. The van der Waals surface area contributed by atoms with Gasteiger partial charge in [0.15, 0.2) is 0 Å². The molecule has 11 heavy (non-hydrogen) atoms. The lowest BCUT2D eigenvalue weighted by Gasteiger charge is -2.28. The lowest BCUT2D eigenvalue weighted by molar-refractivity contribution is 0.0858. The number of fused-ring (bicyclic) bond motifs is 2. The van der Waals surface area contributed by atoms with Gasteiger partial charge >= 0.3 is 0 Å². The smallest absolute Gasteiger partial charge is 0.128 e. The van der Waals surface area contributed by atoms with Crippen molar-refractivity contribution in [1.82, 2.24) is 4.90 Å². The predicted molar refractivity (Wildman–Crippen MR) is 42.1 cm³/mol. The first-order chi connectivity index (χ1) is 5.24. The highest BCUT2D eigenvalue weighted by Gasteiger charge is 2.49. The van der Waals surface area contributed by atoms with Gasteiger partial charge in [-0.25, -0.2) is 4.39 Å². The van der Waals surface area contributed by atoms with Gasteiger partial charge in [0.2, 0.25) is 0 Å². The van der Waals surface area contributed by atoms with Gasteiger partial charge in [-0.1, -0.05) is 0 Å². The van der Waals surface area contributed by atoms with Crippen LogP contribution in [0.15, 0.2) is 0 Å². The molecule has 0 aliphatic carbocycles. The first kappa shape index (κ1) is 7.50. The summed E-state index contributed by atoms with van der Waals surface area (Å²) in [6, 6.07) is 0. The molecule has 64 valence electrons. The maximum Gasteiger partial charge on any atom is 0.128 e. The Balaban J connectivity index is 2.04. The van der Waals surface area contributed by atoms with E-state index in [-0.39, 0.29) is 5.92 Å². The Labute approximate surface area is 66.5 Å². The fourth-order valence-corrected chi connectivity index (χ4v) is 2.42. The maximum absolute atomic E-state index is 13.9. The summed E-state index contributed by atoms with van der Waals surface area (Å²) in [5, 5.41) is 0. The minimum absolute atomic E-state index is 0.283. The molecule has 3 heteroatoms. The monoisotopic (exact) mass is 158 g/mol. The Morgan fingerprint density at radius 3 is 2.91 bits per heavy atom. The molecule has 2 fully saturated rings. The van der Waals surface area contributed by atoms with E-state index in [0.29, 0.717) is 19.5 Å². The molecule has 2 N–H and O–H groups in total. The lowest BCUT2D eigenvalue weighted by atomic mass is 9.87. The summed E-state index contributed by atoms with van der Waals surface area (Å²) in [4.78, 5) is 2.21. The average molecular weight is 158 g/mol. The molecule has 2 nitrogen and oxygen atoms in total. The highest BCUT2D eigenvalue weighted by atomic mass is 19.1. The van der Waals surface area contributed by atoms with E-state index in [2.05, 4.69) is 4.90 Å². The summed E-state index contributed by atoms with van der Waals surface area (Å²) in [6.45, 7) is 3.19. The van der Waals surface area contributed by atoms with Gasteiger partial charge in [0.25, 0.3) is 0 Å². The van der Waals surface area contributed by atoms with Crippen molar-refractivity contribution >= 4 is 0 Å². The molecule has 2 aliphatic rings. The molecule has 2 bridgehead atoms. The van der Waals surface area contributed by atoms with E-state index in [4.69, 9.17) is 5.73 Å². The largest absolute Gasteiger partial charge is 0.330 e. The number of rotatable bonds is 2. The Morgan fingerprint density at radius 2 is 2.45 bits per heavy atom. The van der Waals surface area contributed by atoms with Gasteiger partial charge in [0.1, 0.15) is 5.67 Å². The van der Waals surface area contributed by atoms with E-state index in [1.165, 1.54) is 0 Å². The van der Waals surface area contributed by atoms with E-state index in [1.807, 2.05) is 0 Å². The van der Waals surface area contributed by atoms with Crippen LogP contribution in [0.25, 0.3) is 0 Å². The minimum atomic E-state index is -0.938. The van der Waals surface area contributed by atoms with Crippen LogP contribution in [-0.2, 0) is 0 Å². The second-order valence-corrected chi connectivity index (χ2v) is 3.79. The average Bonchev–Trinajstić information content (AvgIpc) is 2.45. The number of hydrogen-bond acceptors (Lipinski definition) is 2. The Kier molecular flexibility index (Phi) is 1.65. The highest BCUT2D eigenvalue weighted by molar-refractivity contribution is 5.02. The molecule has 0 aromatic heterocycles. The molecule has 0 spiro atoms. The molecule has 0 radical (unpaired) electrons. The Hall–Kier alpha value is -0.150. The van der Waals surface area contributed by atoms with Crippen LogP contribution in [0.4, 0.5) is 4.39 Å². The van der Waals surface area contributed by atoms with Gasteiger partial charge in [0, 0.05) is 19.0 Å². The molecule has 2 heterocycles.